The molecule has 2 aromatic carbocycles. The number of alkyl halides is 4. The quantitative estimate of drug-likeness (QED) is 0.720. The van der Waals surface area contributed by atoms with Gasteiger partial charge in [0.2, 0.25) is 0 Å². The highest BCUT2D eigenvalue weighted by Crippen LogP contribution is 2.34. The molecule has 0 bridgehead atoms. The Labute approximate surface area is 141 Å². The van der Waals surface area contributed by atoms with Gasteiger partial charge in [-0.3, -0.25) is 0 Å². The van der Waals surface area contributed by atoms with Crippen molar-refractivity contribution >= 4 is 29.1 Å². The molecule has 0 heterocycles. The molecule has 1 unspecified atom stereocenters. The van der Waals surface area contributed by atoms with Gasteiger partial charge < -0.3 is 10.4 Å². The zero-order chi connectivity index (χ0) is 16.9. The van der Waals surface area contributed by atoms with E-state index in [4.69, 9.17) is 11.6 Å². The molecule has 0 saturated carbocycles. The Bertz CT molecular complexity index is 634. The van der Waals surface area contributed by atoms with Crippen LogP contribution in [0.3, 0.4) is 0 Å². The number of benzene rings is 2. The summed E-state index contributed by atoms with van der Waals surface area (Å²) >= 11 is 6.76. The van der Waals surface area contributed by atoms with E-state index in [1.807, 2.05) is 0 Å². The highest BCUT2D eigenvalue weighted by atomic mass is 35.5. The molecule has 0 saturated heterocycles. The van der Waals surface area contributed by atoms with Crippen LogP contribution in [0.15, 0.2) is 58.3 Å². The first kappa shape index (κ1) is 18.0. The molecule has 0 aliphatic rings. The Morgan fingerprint density at radius 1 is 1.09 bits per heavy atom. The monoisotopic (exact) mass is 361 g/mol. The third-order valence-electron chi connectivity index (χ3n) is 2.97. The van der Waals surface area contributed by atoms with Gasteiger partial charge in [0.05, 0.1) is 17.5 Å². The average molecular weight is 362 g/mol. The van der Waals surface area contributed by atoms with Crippen LogP contribution in [0.5, 0.6) is 0 Å². The van der Waals surface area contributed by atoms with E-state index in [-0.39, 0.29) is 5.88 Å². The topological polar surface area (TPSA) is 32.3 Å². The smallest absolute Gasteiger partial charge is 0.390 e. The summed E-state index contributed by atoms with van der Waals surface area (Å²) in [6.07, 6.45) is -4.97. The molecule has 2 rings (SSSR count). The molecule has 2 N–H and O–H groups in total. The minimum atomic E-state index is -4.34. The number of anilines is 1. The minimum Gasteiger partial charge on any atom is -0.390 e. The largest absolute Gasteiger partial charge is 0.416 e. The lowest BCUT2D eigenvalue weighted by Crippen LogP contribution is -2.20. The third-order valence-corrected chi connectivity index (χ3v) is 4.33. The van der Waals surface area contributed by atoms with Crippen LogP contribution in [0.25, 0.3) is 0 Å². The second kappa shape index (κ2) is 7.95. The van der Waals surface area contributed by atoms with Gasteiger partial charge in [0.25, 0.3) is 0 Å². The highest BCUT2D eigenvalue weighted by Gasteiger charge is 2.30. The van der Waals surface area contributed by atoms with Crippen molar-refractivity contribution in [2.45, 2.75) is 22.1 Å². The van der Waals surface area contributed by atoms with Crippen LogP contribution in [0.4, 0.5) is 18.9 Å². The van der Waals surface area contributed by atoms with Gasteiger partial charge in [-0.2, -0.15) is 13.2 Å². The highest BCUT2D eigenvalue weighted by molar-refractivity contribution is 7.99. The Morgan fingerprint density at radius 3 is 2.39 bits per heavy atom. The van der Waals surface area contributed by atoms with E-state index < -0.39 is 17.8 Å². The number of hydrogen-bond donors (Lipinski definition) is 2. The predicted octanol–water partition coefficient (Wildman–Crippen LogP) is 4.87. The average Bonchev–Trinajstić information content (AvgIpc) is 2.53. The molecule has 0 aliphatic heterocycles. The first-order chi connectivity index (χ1) is 10.9. The van der Waals surface area contributed by atoms with Crippen LogP contribution in [0, 0.1) is 0 Å². The van der Waals surface area contributed by atoms with Crippen molar-refractivity contribution in [1.29, 1.82) is 0 Å². The van der Waals surface area contributed by atoms with Gasteiger partial charge in [-0.15, -0.1) is 11.6 Å². The fourth-order valence-corrected chi connectivity index (χ4v) is 2.79. The number of aliphatic hydroxyl groups is 1. The van der Waals surface area contributed by atoms with Crippen LogP contribution >= 0.6 is 23.4 Å². The van der Waals surface area contributed by atoms with Crippen molar-refractivity contribution in [2.75, 3.05) is 17.7 Å². The summed E-state index contributed by atoms with van der Waals surface area (Å²) in [5, 5.41) is 12.4. The molecule has 2 aromatic rings. The Morgan fingerprint density at radius 2 is 1.78 bits per heavy atom. The van der Waals surface area contributed by atoms with E-state index in [2.05, 4.69) is 5.32 Å². The molecule has 0 aromatic heterocycles. The summed E-state index contributed by atoms with van der Waals surface area (Å²) in [7, 11) is 0. The van der Waals surface area contributed by atoms with E-state index in [1.165, 1.54) is 17.8 Å². The van der Waals surface area contributed by atoms with Crippen LogP contribution in [-0.2, 0) is 6.18 Å². The molecule has 0 aliphatic carbocycles. The van der Waals surface area contributed by atoms with E-state index >= 15 is 0 Å². The van der Waals surface area contributed by atoms with Gasteiger partial charge in [-0.25, -0.2) is 0 Å². The van der Waals surface area contributed by atoms with Crippen molar-refractivity contribution in [3.63, 3.8) is 0 Å². The fraction of sp³-hybridized carbons (Fsp3) is 0.250. The van der Waals surface area contributed by atoms with E-state index in [0.717, 1.165) is 22.7 Å². The number of hydrogen-bond acceptors (Lipinski definition) is 3. The maximum Gasteiger partial charge on any atom is 0.416 e. The van der Waals surface area contributed by atoms with Gasteiger partial charge in [0.1, 0.15) is 0 Å². The van der Waals surface area contributed by atoms with Crippen molar-refractivity contribution < 1.29 is 18.3 Å². The molecule has 0 amide bonds. The number of aliphatic hydroxyl groups excluding tert-OH is 1. The lowest BCUT2D eigenvalue weighted by Gasteiger charge is -2.11. The summed E-state index contributed by atoms with van der Waals surface area (Å²) in [5.74, 6) is 0.149. The van der Waals surface area contributed by atoms with Gasteiger partial charge >= 0.3 is 6.18 Å². The first-order valence-electron chi connectivity index (χ1n) is 6.81. The molecular formula is C16H15ClF3NOS. The Kier molecular flexibility index (Phi) is 6.21. The Hall–Kier alpha value is -1.37. The molecule has 0 fully saturated rings. The molecule has 7 heteroatoms. The molecular weight excluding hydrogens is 347 g/mol. The maximum atomic E-state index is 12.7. The molecule has 124 valence electrons. The van der Waals surface area contributed by atoms with Crippen molar-refractivity contribution in [2.24, 2.45) is 0 Å². The van der Waals surface area contributed by atoms with Gasteiger partial charge in [-0.1, -0.05) is 17.8 Å². The van der Waals surface area contributed by atoms with Crippen molar-refractivity contribution in [3.8, 4) is 0 Å². The lowest BCUT2D eigenvalue weighted by molar-refractivity contribution is -0.137. The molecule has 23 heavy (non-hydrogen) atoms. The summed E-state index contributed by atoms with van der Waals surface area (Å²) in [5.41, 5.74) is 0.151. The van der Waals surface area contributed by atoms with Crippen LogP contribution in [-0.4, -0.2) is 23.6 Å². The summed E-state index contributed by atoms with van der Waals surface area (Å²) in [6, 6.07) is 12.4. The first-order valence-corrected chi connectivity index (χ1v) is 8.16. The SMILES string of the molecule is OC(CCl)CNc1ccc(Sc2cccc(C(F)(F)F)c2)cc1. The van der Waals surface area contributed by atoms with E-state index in [0.29, 0.717) is 11.4 Å². The Balaban J connectivity index is 2.01. The van der Waals surface area contributed by atoms with Gasteiger partial charge in [0, 0.05) is 22.0 Å². The molecule has 0 radical (unpaired) electrons. The predicted molar refractivity (Wildman–Crippen MR) is 87.2 cm³/mol. The van der Waals surface area contributed by atoms with Gasteiger partial charge in [0.15, 0.2) is 0 Å². The standard InChI is InChI=1S/C16H15ClF3NOS/c17-9-13(22)10-21-12-4-6-14(7-5-12)23-15-3-1-2-11(8-15)16(18,19)20/h1-8,13,21-22H,9-10H2. The van der Waals surface area contributed by atoms with E-state index in [9.17, 15) is 18.3 Å². The second-order valence-corrected chi connectivity index (χ2v) is 6.30. The fourth-order valence-electron chi connectivity index (χ4n) is 1.80. The van der Waals surface area contributed by atoms with Gasteiger partial charge in [-0.05, 0) is 42.5 Å². The maximum absolute atomic E-state index is 12.7. The van der Waals surface area contributed by atoms with Crippen LogP contribution < -0.4 is 5.32 Å². The minimum absolute atomic E-state index is 0.149. The normalized spacial score (nSPS) is 12.9. The second-order valence-electron chi connectivity index (χ2n) is 4.84. The third kappa shape index (κ3) is 5.64. The number of rotatable bonds is 6. The van der Waals surface area contributed by atoms with Crippen molar-refractivity contribution in [3.05, 3.63) is 54.1 Å². The summed E-state index contributed by atoms with van der Waals surface area (Å²) < 4.78 is 38.1. The van der Waals surface area contributed by atoms with Crippen LogP contribution in [0.2, 0.25) is 0 Å². The zero-order valence-electron chi connectivity index (χ0n) is 12.0. The number of halogens is 4. The zero-order valence-corrected chi connectivity index (χ0v) is 13.6. The van der Waals surface area contributed by atoms with E-state index in [1.54, 1.807) is 30.3 Å². The van der Waals surface area contributed by atoms with Crippen LogP contribution in [0.1, 0.15) is 5.56 Å². The summed E-state index contributed by atoms with van der Waals surface area (Å²) in [6.45, 7) is 0.337. The molecule has 1 atom stereocenters. The molecule has 0 spiro atoms. The molecule has 2 nitrogen and oxygen atoms in total. The van der Waals surface area contributed by atoms with Crippen molar-refractivity contribution in [1.82, 2.24) is 0 Å². The summed E-state index contributed by atoms with van der Waals surface area (Å²) in [4.78, 5) is 1.35. The lowest BCUT2D eigenvalue weighted by atomic mass is 10.2. The number of nitrogens with one attached hydrogen (secondary N) is 1.